The minimum absolute atomic E-state index is 0.103. The Labute approximate surface area is 180 Å². The smallest absolute Gasteiger partial charge is 0.134 e. The van der Waals surface area contributed by atoms with E-state index in [9.17, 15) is 0 Å². The molecule has 2 aromatic carbocycles. The Bertz CT molecular complexity index is 844. The topological polar surface area (TPSA) is 0 Å². The second-order valence-corrected chi connectivity index (χ2v) is 9.50. The minimum atomic E-state index is -0.430. The van der Waals surface area contributed by atoms with Crippen molar-refractivity contribution in [3.05, 3.63) is 71.8 Å². The van der Waals surface area contributed by atoms with Gasteiger partial charge in [0.15, 0.2) is 0 Å². The molecule has 0 amide bonds. The van der Waals surface area contributed by atoms with Gasteiger partial charge in [-0.3, -0.25) is 0 Å². The Kier molecular flexibility index (Phi) is 6.71. The van der Waals surface area contributed by atoms with Gasteiger partial charge in [-0.2, -0.15) is 0 Å². The van der Waals surface area contributed by atoms with Crippen LogP contribution in [0.5, 0.6) is 0 Å². The van der Waals surface area contributed by atoms with Gasteiger partial charge in [0, 0.05) is 0 Å². The Hall–Kier alpha value is -1.96. The largest absolute Gasteiger partial charge is 0.206 e. The molecule has 2 heteroatoms. The number of hydrogen-bond acceptors (Lipinski definition) is 0. The number of hydrogen-bond donors (Lipinski definition) is 0. The van der Waals surface area contributed by atoms with Crippen LogP contribution < -0.4 is 0 Å². The van der Waals surface area contributed by atoms with Gasteiger partial charge in [0.1, 0.15) is 11.6 Å². The Morgan fingerprint density at radius 2 is 1.60 bits per heavy atom. The normalized spacial score (nSPS) is 26.2. The molecule has 2 aliphatic rings. The van der Waals surface area contributed by atoms with Crippen molar-refractivity contribution in [3.8, 4) is 11.1 Å². The second-order valence-electron chi connectivity index (χ2n) is 9.50. The summed E-state index contributed by atoms with van der Waals surface area (Å²) in [4.78, 5) is 0. The van der Waals surface area contributed by atoms with Crippen LogP contribution in [-0.4, -0.2) is 0 Å². The number of aryl methyl sites for hydroxylation is 1. The summed E-state index contributed by atoms with van der Waals surface area (Å²) in [5.74, 6) is 1.89. The third kappa shape index (κ3) is 4.53. The molecule has 0 saturated heterocycles. The highest BCUT2D eigenvalue weighted by atomic mass is 19.1. The molecule has 2 aliphatic carbocycles. The van der Waals surface area contributed by atoms with E-state index in [1.807, 2.05) is 30.3 Å². The highest BCUT2D eigenvalue weighted by Crippen LogP contribution is 2.48. The highest BCUT2D eigenvalue weighted by Gasteiger charge is 2.35. The summed E-state index contributed by atoms with van der Waals surface area (Å²) < 4.78 is 30.1. The van der Waals surface area contributed by atoms with Gasteiger partial charge in [0.2, 0.25) is 0 Å². The van der Waals surface area contributed by atoms with Crippen molar-refractivity contribution >= 4 is 0 Å². The molecule has 2 fully saturated rings. The molecular formula is C28H34F2. The highest BCUT2D eigenvalue weighted by molar-refractivity contribution is 5.65. The molecule has 0 radical (unpaired) electrons. The van der Waals surface area contributed by atoms with Crippen molar-refractivity contribution in [1.29, 1.82) is 0 Å². The molecule has 0 aromatic heterocycles. The van der Waals surface area contributed by atoms with Crippen LogP contribution in [0.4, 0.5) is 8.78 Å². The lowest BCUT2D eigenvalue weighted by molar-refractivity contribution is 0.116. The summed E-state index contributed by atoms with van der Waals surface area (Å²) in [5.41, 5.74) is 2.73. The van der Waals surface area contributed by atoms with Crippen LogP contribution in [0, 0.1) is 29.4 Å². The van der Waals surface area contributed by atoms with E-state index in [1.54, 1.807) is 12.1 Å². The molecule has 30 heavy (non-hydrogen) atoms. The quantitative estimate of drug-likeness (QED) is 0.421. The van der Waals surface area contributed by atoms with Gasteiger partial charge < -0.3 is 0 Å². The zero-order chi connectivity index (χ0) is 21.1. The second kappa shape index (κ2) is 9.45. The Balaban J connectivity index is 1.50. The number of fused-ring (bicyclic) bond motifs is 1. The molecule has 0 heterocycles. The van der Waals surface area contributed by atoms with Crippen molar-refractivity contribution in [2.75, 3.05) is 0 Å². The SMILES string of the molecule is C=CCCc1ccc(-c2c(F)cc([C@@H]3CC[C@@H]4CC(CC)CC[C@@H]4C3)cc2F)cc1. The zero-order valence-corrected chi connectivity index (χ0v) is 18.2. The summed E-state index contributed by atoms with van der Waals surface area (Å²) in [6.07, 6.45) is 12.3. The maximum atomic E-state index is 15.0. The third-order valence-corrected chi connectivity index (χ3v) is 7.71. The summed E-state index contributed by atoms with van der Waals surface area (Å²) in [6.45, 7) is 6.05. The molecule has 0 spiro atoms. The van der Waals surface area contributed by atoms with E-state index in [1.165, 1.54) is 32.1 Å². The maximum absolute atomic E-state index is 15.0. The maximum Gasteiger partial charge on any atom is 0.134 e. The first kappa shape index (κ1) is 21.3. The lowest BCUT2D eigenvalue weighted by Gasteiger charge is -2.42. The predicted octanol–water partition coefficient (Wildman–Crippen LogP) is 8.46. The molecule has 0 bridgehead atoms. The van der Waals surface area contributed by atoms with Crippen molar-refractivity contribution in [2.24, 2.45) is 17.8 Å². The fourth-order valence-corrected chi connectivity index (χ4v) is 5.87. The predicted molar refractivity (Wildman–Crippen MR) is 122 cm³/mol. The summed E-state index contributed by atoms with van der Waals surface area (Å²) in [5, 5.41) is 0. The molecule has 0 nitrogen and oxygen atoms in total. The van der Waals surface area contributed by atoms with Crippen molar-refractivity contribution in [3.63, 3.8) is 0 Å². The van der Waals surface area contributed by atoms with E-state index < -0.39 is 11.6 Å². The van der Waals surface area contributed by atoms with E-state index in [4.69, 9.17) is 0 Å². The third-order valence-electron chi connectivity index (χ3n) is 7.71. The van der Waals surface area contributed by atoms with E-state index in [0.29, 0.717) is 11.5 Å². The van der Waals surface area contributed by atoms with Crippen molar-refractivity contribution in [2.45, 2.75) is 70.6 Å². The molecule has 4 atom stereocenters. The average molecular weight is 409 g/mol. The lowest BCUT2D eigenvalue weighted by atomic mass is 9.63. The van der Waals surface area contributed by atoms with Crippen LogP contribution in [0.15, 0.2) is 49.1 Å². The van der Waals surface area contributed by atoms with Gasteiger partial charge in [0.05, 0.1) is 5.56 Å². The Morgan fingerprint density at radius 3 is 2.27 bits per heavy atom. The summed E-state index contributed by atoms with van der Waals surface area (Å²) in [6, 6.07) is 10.8. The van der Waals surface area contributed by atoms with Crippen LogP contribution in [0.3, 0.4) is 0 Å². The summed E-state index contributed by atoms with van der Waals surface area (Å²) >= 11 is 0. The van der Waals surface area contributed by atoms with Gasteiger partial charge >= 0.3 is 0 Å². The molecule has 2 aromatic rings. The number of rotatable bonds is 6. The first-order valence-corrected chi connectivity index (χ1v) is 11.8. The van der Waals surface area contributed by atoms with Gasteiger partial charge in [-0.25, -0.2) is 8.78 Å². The molecule has 0 aliphatic heterocycles. The number of benzene rings is 2. The first-order chi connectivity index (χ1) is 14.6. The van der Waals surface area contributed by atoms with E-state index in [0.717, 1.165) is 54.6 Å². The van der Waals surface area contributed by atoms with Crippen LogP contribution in [-0.2, 0) is 6.42 Å². The van der Waals surface area contributed by atoms with Gasteiger partial charge in [-0.1, -0.05) is 50.1 Å². The van der Waals surface area contributed by atoms with Crippen molar-refractivity contribution in [1.82, 2.24) is 0 Å². The van der Waals surface area contributed by atoms with Crippen LogP contribution in [0.1, 0.15) is 75.3 Å². The molecular weight excluding hydrogens is 374 g/mol. The minimum Gasteiger partial charge on any atom is -0.206 e. The number of halogens is 2. The van der Waals surface area contributed by atoms with E-state index >= 15 is 8.78 Å². The van der Waals surface area contributed by atoms with Crippen LogP contribution in [0.2, 0.25) is 0 Å². The molecule has 4 rings (SSSR count). The standard InChI is InChI=1S/C28H34F2/c1-3-5-6-20-8-10-21(11-9-20)28-26(29)17-25(18-27(28)30)24-14-13-22-15-19(4-2)7-12-23(22)16-24/h3,8-11,17-19,22-24H,1,4-7,12-16H2,2H3/t19?,22-,23-,24-/m1/s1. The van der Waals surface area contributed by atoms with E-state index in [-0.39, 0.29) is 5.56 Å². The van der Waals surface area contributed by atoms with Crippen molar-refractivity contribution < 1.29 is 8.78 Å². The molecule has 2 saturated carbocycles. The van der Waals surface area contributed by atoms with E-state index in [2.05, 4.69) is 13.5 Å². The monoisotopic (exact) mass is 408 g/mol. The lowest BCUT2D eigenvalue weighted by Crippen LogP contribution is -2.30. The molecule has 160 valence electrons. The van der Waals surface area contributed by atoms with Crippen LogP contribution >= 0.6 is 0 Å². The molecule has 1 unspecified atom stereocenters. The van der Waals surface area contributed by atoms with Gasteiger partial charge in [-0.05, 0) is 97.4 Å². The summed E-state index contributed by atoms with van der Waals surface area (Å²) in [7, 11) is 0. The first-order valence-electron chi connectivity index (χ1n) is 11.8. The molecule has 0 N–H and O–H groups in total. The Morgan fingerprint density at radius 1 is 0.933 bits per heavy atom. The average Bonchev–Trinajstić information content (AvgIpc) is 2.77. The zero-order valence-electron chi connectivity index (χ0n) is 18.2. The van der Waals surface area contributed by atoms with Crippen LogP contribution in [0.25, 0.3) is 11.1 Å². The fourth-order valence-electron chi connectivity index (χ4n) is 5.87. The number of allylic oxidation sites excluding steroid dienone is 1. The van der Waals surface area contributed by atoms with Gasteiger partial charge in [-0.15, -0.1) is 6.58 Å². The fraction of sp³-hybridized carbons (Fsp3) is 0.500. The van der Waals surface area contributed by atoms with Gasteiger partial charge in [0.25, 0.3) is 0 Å².